The van der Waals surface area contributed by atoms with Crippen LogP contribution in [-0.4, -0.2) is 15.5 Å². The van der Waals surface area contributed by atoms with E-state index in [0.717, 1.165) is 17.7 Å². The Bertz CT molecular complexity index is 807. The van der Waals surface area contributed by atoms with Crippen molar-refractivity contribution in [3.05, 3.63) is 89.5 Å². The second-order valence-electron chi connectivity index (χ2n) is 5.98. The van der Waals surface area contributed by atoms with Crippen LogP contribution < -0.4 is 5.32 Å². The Morgan fingerprint density at radius 1 is 1.17 bits per heavy atom. The van der Waals surface area contributed by atoms with Gasteiger partial charge in [-0.25, -0.2) is 4.98 Å². The highest BCUT2D eigenvalue weighted by Gasteiger charge is 2.12. The van der Waals surface area contributed by atoms with Crippen LogP contribution in [0.4, 0.5) is 0 Å². The lowest BCUT2D eigenvalue weighted by Crippen LogP contribution is -2.27. The van der Waals surface area contributed by atoms with E-state index >= 15 is 0 Å². The minimum Gasteiger partial charge on any atom is -0.346 e. The molecule has 122 valence electrons. The van der Waals surface area contributed by atoms with Crippen LogP contribution in [0.25, 0.3) is 0 Å². The fraction of sp³-hybridized carbons (Fsp3) is 0.200. The molecular weight excluding hydrogens is 298 g/mol. The number of aromatic nitrogens is 2. The number of carbonyl (C=O) groups excluding carboxylic acids is 1. The number of hydrogen-bond donors (Lipinski definition) is 1. The molecule has 1 aromatic heterocycles. The van der Waals surface area contributed by atoms with Crippen LogP contribution in [0.5, 0.6) is 0 Å². The van der Waals surface area contributed by atoms with Gasteiger partial charge in [-0.15, -0.1) is 0 Å². The van der Waals surface area contributed by atoms with Gasteiger partial charge in [0.25, 0.3) is 5.91 Å². The summed E-state index contributed by atoms with van der Waals surface area (Å²) in [5, 5.41) is 3.06. The zero-order valence-electron chi connectivity index (χ0n) is 13.9. The van der Waals surface area contributed by atoms with Crippen LogP contribution in [0.1, 0.15) is 40.0 Å². The normalized spacial score (nSPS) is 11.9. The molecule has 1 atom stereocenters. The van der Waals surface area contributed by atoms with E-state index in [-0.39, 0.29) is 11.9 Å². The minimum atomic E-state index is -0.0556. The highest BCUT2D eigenvalue weighted by atomic mass is 16.1. The standard InChI is InChI=1S/C20H21N3O/c1-15-5-3-4-6-19(15)16(2)22-20(24)18-9-7-17(8-10-18)13-23-12-11-21-14-23/h3-12,14,16H,13H2,1-2H3,(H,22,24)/t16-/m0/s1. The Labute approximate surface area is 142 Å². The molecule has 0 aliphatic heterocycles. The summed E-state index contributed by atoms with van der Waals surface area (Å²) in [4.78, 5) is 16.5. The van der Waals surface area contributed by atoms with Gasteiger partial charge >= 0.3 is 0 Å². The Morgan fingerprint density at radius 3 is 2.58 bits per heavy atom. The largest absolute Gasteiger partial charge is 0.346 e. The highest BCUT2D eigenvalue weighted by molar-refractivity contribution is 5.94. The van der Waals surface area contributed by atoms with Gasteiger partial charge in [0, 0.05) is 24.5 Å². The lowest BCUT2D eigenvalue weighted by Gasteiger charge is -2.16. The van der Waals surface area contributed by atoms with Crippen molar-refractivity contribution < 1.29 is 4.79 Å². The maximum absolute atomic E-state index is 12.4. The van der Waals surface area contributed by atoms with Crippen LogP contribution in [0, 0.1) is 6.92 Å². The average Bonchev–Trinajstić information content (AvgIpc) is 3.08. The predicted octanol–water partition coefficient (Wildman–Crippen LogP) is 3.73. The molecule has 0 saturated carbocycles. The molecule has 0 aliphatic rings. The molecule has 2 aromatic carbocycles. The maximum Gasteiger partial charge on any atom is 0.251 e. The summed E-state index contributed by atoms with van der Waals surface area (Å²) in [7, 11) is 0. The summed E-state index contributed by atoms with van der Waals surface area (Å²) < 4.78 is 2.00. The SMILES string of the molecule is Cc1ccccc1[C@H](C)NC(=O)c1ccc(Cn2ccnc2)cc1. The molecule has 0 unspecified atom stereocenters. The second-order valence-corrected chi connectivity index (χ2v) is 5.98. The van der Waals surface area contributed by atoms with Crippen LogP contribution in [-0.2, 0) is 6.54 Å². The van der Waals surface area contributed by atoms with Crippen LogP contribution in [0.3, 0.4) is 0 Å². The first-order valence-corrected chi connectivity index (χ1v) is 8.04. The number of benzene rings is 2. The fourth-order valence-electron chi connectivity index (χ4n) is 2.78. The molecule has 0 fully saturated rings. The van der Waals surface area contributed by atoms with Gasteiger partial charge in [0.05, 0.1) is 12.4 Å². The lowest BCUT2D eigenvalue weighted by atomic mass is 10.0. The molecule has 24 heavy (non-hydrogen) atoms. The number of carbonyl (C=O) groups is 1. The third-order valence-corrected chi connectivity index (χ3v) is 4.14. The summed E-state index contributed by atoms with van der Waals surface area (Å²) in [6.07, 6.45) is 5.46. The number of aryl methyl sites for hydroxylation is 1. The second kappa shape index (κ2) is 7.13. The lowest BCUT2D eigenvalue weighted by molar-refractivity contribution is 0.0940. The van der Waals surface area contributed by atoms with Gasteiger partial charge in [0.2, 0.25) is 0 Å². The smallest absolute Gasteiger partial charge is 0.251 e. The number of nitrogens with one attached hydrogen (secondary N) is 1. The Kier molecular flexibility index (Phi) is 4.75. The van der Waals surface area contributed by atoms with Crippen LogP contribution in [0.15, 0.2) is 67.3 Å². The van der Waals surface area contributed by atoms with E-state index in [9.17, 15) is 4.79 Å². The van der Waals surface area contributed by atoms with Crippen molar-refractivity contribution in [2.75, 3.05) is 0 Å². The van der Waals surface area contributed by atoms with Crippen LogP contribution in [0.2, 0.25) is 0 Å². The Balaban J connectivity index is 1.66. The van der Waals surface area contributed by atoms with Crippen LogP contribution >= 0.6 is 0 Å². The summed E-state index contributed by atoms with van der Waals surface area (Å²) in [6, 6.07) is 15.8. The quantitative estimate of drug-likeness (QED) is 0.779. The van der Waals surface area contributed by atoms with Crippen molar-refractivity contribution in [3.63, 3.8) is 0 Å². The first-order valence-electron chi connectivity index (χ1n) is 8.04. The van der Waals surface area contributed by atoms with Gasteiger partial charge in [-0.3, -0.25) is 4.79 Å². The molecule has 3 rings (SSSR count). The highest BCUT2D eigenvalue weighted by Crippen LogP contribution is 2.17. The molecule has 3 aromatic rings. The zero-order valence-corrected chi connectivity index (χ0v) is 13.9. The third-order valence-electron chi connectivity index (χ3n) is 4.14. The average molecular weight is 319 g/mol. The number of rotatable bonds is 5. The predicted molar refractivity (Wildman–Crippen MR) is 94.8 cm³/mol. The van der Waals surface area contributed by atoms with E-state index in [0.29, 0.717) is 5.56 Å². The molecule has 1 amide bonds. The zero-order chi connectivity index (χ0) is 16.9. The molecular formula is C20H21N3O. The minimum absolute atomic E-state index is 0.0238. The van der Waals surface area contributed by atoms with E-state index < -0.39 is 0 Å². The van der Waals surface area contributed by atoms with Gasteiger partial charge < -0.3 is 9.88 Å². The van der Waals surface area contributed by atoms with Crippen molar-refractivity contribution in [2.45, 2.75) is 26.4 Å². The van der Waals surface area contributed by atoms with E-state index in [2.05, 4.69) is 29.4 Å². The molecule has 1 N–H and O–H groups in total. The van der Waals surface area contributed by atoms with Crippen molar-refractivity contribution in [2.24, 2.45) is 0 Å². The van der Waals surface area contributed by atoms with Gasteiger partial charge in [-0.2, -0.15) is 0 Å². The summed E-state index contributed by atoms with van der Waals surface area (Å²) in [5.74, 6) is -0.0556. The number of nitrogens with zero attached hydrogens (tertiary/aromatic N) is 2. The molecule has 4 heteroatoms. The summed E-state index contributed by atoms with van der Waals surface area (Å²) in [6.45, 7) is 4.82. The Morgan fingerprint density at radius 2 is 1.92 bits per heavy atom. The summed E-state index contributed by atoms with van der Waals surface area (Å²) >= 11 is 0. The fourth-order valence-corrected chi connectivity index (χ4v) is 2.78. The molecule has 0 bridgehead atoms. The molecule has 4 nitrogen and oxygen atoms in total. The number of hydrogen-bond acceptors (Lipinski definition) is 2. The van der Waals surface area contributed by atoms with Crippen molar-refractivity contribution in [1.82, 2.24) is 14.9 Å². The first kappa shape index (κ1) is 16.0. The van der Waals surface area contributed by atoms with Gasteiger partial charge in [0.15, 0.2) is 0 Å². The van der Waals surface area contributed by atoms with E-state index in [1.165, 1.54) is 5.56 Å². The number of amides is 1. The van der Waals surface area contributed by atoms with E-state index in [4.69, 9.17) is 0 Å². The van der Waals surface area contributed by atoms with E-state index in [1.54, 1.807) is 12.5 Å². The first-order chi connectivity index (χ1) is 11.6. The van der Waals surface area contributed by atoms with E-state index in [1.807, 2.05) is 54.1 Å². The summed E-state index contributed by atoms with van der Waals surface area (Å²) in [5.41, 5.74) is 4.13. The molecule has 1 heterocycles. The molecule has 0 aliphatic carbocycles. The van der Waals surface area contributed by atoms with Crippen molar-refractivity contribution >= 4 is 5.91 Å². The topological polar surface area (TPSA) is 46.9 Å². The van der Waals surface area contributed by atoms with Crippen molar-refractivity contribution in [1.29, 1.82) is 0 Å². The van der Waals surface area contributed by atoms with Gasteiger partial charge in [-0.05, 0) is 42.7 Å². The third kappa shape index (κ3) is 3.71. The monoisotopic (exact) mass is 319 g/mol. The van der Waals surface area contributed by atoms with Crippen molar-refractivity contribution in [3.8, 4) is 0 Å². The van der Waals surface area contributed by atoms with Gasteiger partial charge in [0.1, 0.15) is 0 Å². The van der Waals surface area contributed by atoms with Gasteiger partial charge in [-0.1, -0.05) is 36.4 Å². The maximum atomic E-state index is 12.4. The molecule has 0 saturated heterocycles. The number of imidazole rings is 1. The molecule has 0 spiro atoms. The molecule has 0 radical (unpaired) electrons. The Hall–Kier alpha value is -2.88.